The van der Waals surface area contributed by atoms with E-state index >= 15 is 0 Å². The summed E-state index contributed by atoms with van der Waals surface area (Å²) >= 11 is 0. The lowest BCUT2D eigenvalue weighted by Gasteiger charge is -2.18. The third-order valence-electron chi connectivity index (χ3n) is 4.81. The topological polar surface area (TPSA) is 127 Å². The highest BCUT2D eigenvalue weighted by Crippen LogP contribution is 2.16. The van der Waals surface area contributed by atoms with Crippen LogP contribution in [0, 0.1) is 6.92 Å². The van der Waals surface area contributed by atoms with Gasteiger partial charge in [0.2, 0.25) is 0 Å². The zero-order chi connectivity index (χ0) is 24.0. The van der Waals surface area contributed by atoms with E-state index in [0.29, 0.717) is 12.2 Å². The molecule has 0 aliphatic rings. The van der Waals surface area contributed by atoms with E-state index in [2.05, 4.69) is 6.92 Å². The monoisotopic (exact) mass is 465 g/mol. The van der Waals surface area contributed by atoms with E-state index < -0.39 is 28.2 Å². The molecular formula is C24H35NO6S. The summed E-state index contributed by atoms with van der Waals surface area (Å²) in [5.41, 5.74) is 7.33. The van der Waals surface area contributed by atoms with Crippen molar-refractivity contribution in [3.05, 3.63) is 65.7 Å². The normalized spacial score (nSPS) is 12.9. The summed E-state index contributed by atoms with van der Waals surface area (Å²) in [6, 6.07) is 13.9. The van der Waals surface area contributed by atoms with Crippen molar-refractivity contribution in [2.75, 3.05) is 6.61 Å². The zero-order valence-electron chi connectivity index (χ0n) is 18.8. The Morgan fingerprint density at radius 1 is 0.969 bits per heavy atom. The molecule has 0 bridgehead atoms. The Hall–Kier alpha value is -2.26. The molecule has 7 nitrogen and oxygen atoms in total. The highest BCUT2D eigenvalue weighted by Gasteiger charge is 2.25. The van der Waals surface area contributed by atoms with E-state index in [-0.39, 0.29) is 4.90 Å². The van der Waals surface area contributed by atoms with Crippen LogP contribution in [0.25, 0.3) is 0 Å². The van der Waals surface area contributed by atoms with Crippen LogP contribution in [-0.4, -0.2) is 36.7 Å². The van der Waals surface area contributed by atoms with Gasteiger partial charge in [-0.2, -0.15) is 8.42 Å². The summed E-state index contributed by atoms with van der Waals surface area (Å²) in [7, 11) is -4.02. The summed E-state index contributed by atoms with van der Waals surface area (Å²) < 4.78 is 34.7. The standard InChI is InChI=1S/C17H27NO3.C7H8O3S/c1-2-3-4-5-6-10-13-21-17(20)15(18)16(19)14-11-8-7-9-12-14;1-6-2-4-7(5-3-6)11(8,9)10/h7-9,11-12,15-16,19H,2-6,10,13,18H2,1H3;2-5H,1H3,(H,8,9,10)/t15-,16+;/m1./s1. The Kier molecular flexibility index (Phi) is 12.8. The van der Waals surface area contributed by atoms with Gasteiger partial charge in [0, 0.05) is 0 Å². The Labute approximate surface area is 191 Å². The Balaban J connectivity index is 0.000000389. The Bertz CT molecular complexity index is 884. The number of hydrogen-bond donors (Lipinski definition) is 3. The van der Waals surface area contributed by atoms with Crippen molar-refractivity contribution < 1.29 is 27.6 Å². The van der Waals surface area contributed by atoms with Gasteiger partial charge in [-0.15, -0.1) is 0 Å². The molecule has 2 atom stereocenters. The van der Waals surface area contributed by atoms with Gasteiger partial charge in [0.1, 0.15) is 12.1 Å². The molecule has 32 heavy (non-hydrogen) atoms. The number of esters is 1. The third kappa shape index (κ3) is 10.9. The van der Waals surface area contributed by atoms with Gasteiger partial charge in [-0.05, 0) is 31.0 Å². The van der Waals surface area contributed by atoms with Crippen LogP contribution in [0.5, 0.6) is 0 Å². The van der Waals surface area contributed by atoms with Crippen molar-refractivity contribution in [2.24, 2.45) is 5.73 Å². The minimum absolute atomic E-state index is 0.0666. The average molecular weight is 466 g/mol. The quantitative estimate of drug-likeness (QED) is 0.258. The molecule has 0 heterocycles. The number of carbonyl (C=O) groups excluding carboxylic acids is 1. The second-order valence-corrected chi connectivity index (χ2v) is 9.03. The van der Waals surface area contributed by atoms with Crippen molar-refractivity contribution in [3.63, 3.8) is 0 Å². The van der Waals surface area contributed by atoms with Crippen LogP contribution in [0.3, 0.4) is 0 Å². The first-order valence-corrected chi connectivity index (χ1v) is 12.3. The smallest absolute Gasteiger partial charge is 0.325 e. The molecule has 4 N–H and O–H groups in total. The van der Waals surface area contributed by atoms with E-state index in [1.165, 1.54) is 37.8 Å². The number of rotatable bonds is 11. The zero-order valence-corrected chi connectivity index (χ0v) is 19.6. The van der Waals surface area contributed by atoms with Gasteiger partial charge in [0.25, 0.3) is 10.1 Å². The second-order valence-electron chi connectivity index (χ2n) is 7.60. The van der Waals surface area contributed by atoms with Crippen LogP contribution in [0.15, 0.2) is 59.5 Å². The highest BCUT2D eigenvalue weighted by molar-refractivity contribution is 7.85. The molecule has 2 rings (SSSR count). The molecule has 0 aliphatic heterocycles. The van der Waals surface area contributed by atoms with Gasteiger partial charge in [-0.1, -0.05) is 87.1 Å². The first-order chi connectivity index (χ1) is 15.2. The molecule has 0 saturated carbocycles. The number of benzene rings is 2. The van der Waals surface area contributed by atoms with Crippen molar-refractivity contribution in [2.45, 2.75) is 69.4 Å². The largest absolute Gasteiger partial charge is 0.464 e. The van der Waals surface area contributed by atoms with Gasteiger partial charge >= 0.3 is 5.97 Å². The molecule has 2 aromatic rings. The molecule has 8 heteroatoms. The molecule has 0 spiro atoms. The number of carbonyl (C=O) groups is 1. The average Bonchev–Trinajstić information content (AvgIpc) is 2.78. The Morgan fingerprint density at radius 3 is 2.09 bits per heavy atom. The lowest BCUT2D eigenvalue weighted by molar-refractivity contribution is -0.148. The molecule has 0 aliphatic carbocycles. The van der Waals surface area contributed by atoms with Crippen LogP contribution in [0.2, 0.25) is 0 Å². The minimum atomic E-state index is -4.02. The summed E-state index contributed by atoms with van der Waals surface area (Å²) in [6.07, 6.45) is 5.77. The number of aliphatic hydroxyl groups excluding tert-OH is 1. The van der Waals surface area contributed by atoms with Crippen LogP contribution in [0.4, 0.5) is 0 Å². The molecule has 0 radical (unpaired) electrons. The number of nitrogens with two attached hydrogens (primary N) is 1. The molecule has 178 valence electrons. The van der Waals surface area contributed by atoms with Gasteiger partial charge in [-0.3, -0.25) is 9.35 Å². The van der Waals surface area contributed by atoms with Gasteiger partial charge in [-0.25, -0.2) is 0 Å². The molecule has 2 aromatic carbocycles. The predicted molar refractivity (Wildman–Crippen MR) is 125 cm³/mol. The molecule has 0 fully saturated rings. The lowest BCUT2D eigenvalue weighted by Crippen LogP contribution is -2.38. The number of aliphatic hydroxyl groups is 1. The van der Waals surface area contributed by atoms with Crippen molar-refractivity contribution in [1.82, 2.24) is 0 Å². The van der Waals surface area contributed by atoms with Crippen molar-refractivity contribution >= 4 is 16.1 Å². The maximum absolute atomic E-state index is 11.8. The maximum Gasteiger partial charge on any atom is 0.325 e. The fraction of sp³-hybridized carbons (Fsp3) is 0.458. The van der Waals surface area contributed by atoms with Gasteiger partial charge < -0.3 is 15.6 Å². The summed E-state index contributed by atoms with van der Waals surface area (Å²) in [5, 5.41) is 10.0. The fourth-order valence-corrected chi connectivity index (χ4v) is 3.33. The summed E-state index contributed by atoms with van der Waals surface area (Å²) in [6.45, 7) is 4.40. The molecule has 0 aromatic heterocycles. The van der Waals surface area contributed by atoms with Gasteiger partial charge in [0.05, 0.1) is 11.5 Å². The van der Waals surface area contributed by atoms with Crippen molar-refractivity contribution in [1.29, 1.82) is 0 Å². The van der Waals surface area contributed by atoms with Crippen LogP contribution < -0.4 is 5.73 Å². The summed E-state index contributed by atoms with van der Waals surface area (Å²) in [4.78, 5) is 11.7. The molecule has 0 saturated heterocycles. The summed E-state index contributed by atoms with van der Waals surface area (Å²) in [5.74, 6) is -0.542. The molecular weight excluding hydrogens is 430 g/mol. The first-order valence-electron chi connectivity index (χ1n) is 10.9. The van der Waals surface area contributed by atoms with Gasteiger partial charge in [0.15, 0.2) is 0 Å². The first kappa shape index (κ1) is 27.8. The SMILES string of the molecule is CCCCCCCCOC(=O)[C@H](N)[C@@H](O)c1ccccc1.Cc1ccc(S(=O)(=O)O)cc1. The lowest BCUT2D eigenvalue weighted by atomic mass is 10.0. The highest BCUT2D eigenvalue weighted by atomic mass is 32.2. The van der Waals surface area contributed by atoms with Crippen molar-refractivity contribution in [3.8, 4) is 0 Å². The second kappa shape index (κ2) is 14.7. The van der Waals surface area contributed by atoms with Crippen LogP contribution in [0.1, 0.15) is 62.7 Å². The number of hydrogen-bond acceptors (Lipinski definition) is 6. The van der Waals surface area contributed by atoms with E-state index in [4.69, 9.17) is 15.0 Å². The Morgan fingerprint density at radius 2 is 1.53 bits per heavy atom. The van der Waals surface area contributed by atoms with Crippen LogP contribution in [-0.2, 0) is 19.6 Å². The van der Waals surface area contributed by atoms with E-state index in [9.17, 15) is 18.3 Å². The number of aryl methyl sites for hydroxylation is 1. The fourth-order valence-electron chi connectivity index (χ4n) is 2.85. The number of unbranched alkanes of at least 4 members (excludes halogenated alkanes) is 5. The molecule has 0 unspecified atom stereocenters. The third-order valence-corrected chi connectivity index (χ3v) is 5.68. The van der Waals surface area contributed by atoms with E-state index in [1.807, 2.05) is 13.0 Å². The minimum Gasteiger partial charge on any atom is -0.464 e. The van der Waals surface area contributed by atoms with Crippen LogP contribution >= 0.6 is 0 Å². The predicted octanol–water partition coefficient (Wildman–Crippen LogP) is 4.19. The number of ether oxygens (including phenoxy) is 1. The van der Waals surface area contributed by atoms with E-state index in [0.717, 1.165) is 18.4 Å². The maximum atomic E-state index is 11.8. The molecule has 0 amide bonds. The van der Waals surface area contributed by atoms with E-state index in [1.54, 1.807) is 36.4 Å².